The quantitative estimate of drug-likeness (QED) is 0.870. The summed E-state index contributed by atoms with van der Waals surface area (Å²) in [6.45, 7) is 7.86. The first-order chi connectivity index (χ1) is 9.31. The van der Waals surface area contributed by atoms with E-state index >= 15 is 0 Å². The van der Waals surface area contributed by atoms with Crippen LogP contribution in [0.1, 0.15) is 54.9 Å². The first-order valence-electron chi connectivity index (χ1n) is 7.10. The van der Waals surface area contributed by atoms with Gasteiger partial charge >= 0.3 is 0 Å². The molecule has 0 atom stereocenters. The first kappa shape index (κ1) is 13.7. The molecule has 2 nitrogen and oxygen atoms in total. The molecule has 1 aromatic carbocycles. The summed E-state index contributed by atoms with van der Waals surface area (Å²) in [6, 6.07) is 4.37. The van der Waals surface area contributed by atoms with Gasteiger partial charge in [0.05, 0.1) is 10.3 Å². The van der Waals surface area contributed by atoms with Crippen LogP contribution >= 0.6 is 11.8 Å². The van der Waals surface area contributed by atoms with Gasteiger partial charge in [0.1, 0.15) is 5.76 Å². The van der Waals surface area contributed by atoms with E-state index in [4.69, 9.17) is 0 Å². The molecule has 1 heterocycles. The molecule has 2 aliphatic rings. The molecular weight excluding hydrogens is 268 g/mol. The van der Waals surface area contributed by atoms with E-state index in [1.807, 2.05) is 27.7 Å². The third-order valence-corrected chi connectivity index (χ3v) is 5.31. The summed E-state index contributed by atoms with van der Waals surface area (Å²) >= 11 is 1.21. The minimum Gasteiger partial charge on any atom is -0.510 e. The third-order valence-electron chi connectivity index (χ3n) is 4.21. The molecule has 1 aliphatic heterocycles. The molecule has 0 bridgehead atoms. The van der Waals surface area contributed by atoms with Crippen molar-refractivity contribution >= 4 is 22.5 Å². The van der Waals surface area contributed by atoms with Gasteiger partial charge in [0.2, 0.25) is 5.12 Å². The van der Waals surface area contributed by atoms with Crippen LogP contribution in [0.4, 0.5) is 0 Å². The minimum absolute atomic E-state index is 0.0159. The summed E-state index contributed by atoms with van der Waals surface area (Å²) in [5.41, 5.74) is 5.01. The van der Waals surface area contributed by atoms with Gasteiger partial charge in [-0.05, 0) is 68.7 Å². The van der Waals surface area contributed by atoms with E-state index in [-0.39, 0.29) is 10.9 Å². The molecule has 0 spiro atoms. The predicted octanol–water partition coefficient (Wildman–Crippen LogP) is 4.50. The molecule has 0 saturated heterocycles. The van der Waals surface area contributed by atoms with Crippen LogP contribution in [0.3, 0.4) is 0 Å². The number of aliphatic hydroxyl groups is 1. The largest absolute Gasteiger partial charge is 0.510 e. The predicted molar refractivity (Wildman–Crippen MR) is 84.1 cm³/mol. The van der Waals surface area contributed by atoms with Crippen molar-refractivity contribution in [2.45, 2.75) is 51.2 Å². The molecule has 0 radical (unpaired) electrons. The fraction of sp³-hybridized carbons (Fsp3) is 0.471. The molecule has 106 valence electrons. The zero-order valence-electron chi connectivity index (χ0n) is 12.4. The second-order valence-corrected chi connectivity index (χ2v) is 8.02. The van der Waals surface area contributed by atoms with Crippen LogP contribution in [-0.4, -0.2) is 15.0 Å². The highest BCUT2D eigenvalue weighted by Gasteiger charge is 2.41. The lowest BCUT2D eigenvalue weighted by Gasteiger charge is -2.16. The standard InChI is InChI=1S/C17H20O2S/c1-9-7-12(11-5-6-11)8-10(2)13(9)14-15(18)17(3,4)20-16(14)19/h7-8,11,18H,5-6H2,1-4H3. The van der Waals surface area contributed by atoms with Crippen LogP contribution in [0.5, 0.6) is 0 Å². The Balaban J connectivity index is 2.15. The Morgan fingerprint density at radius 1 is 1.20 bits per heavy atom. The highest BCUT2D eigenvalue weighted by atomic mass is 32.2. The van der Waals surface area contributed by atoms with Crippen molar-refractivity contribution in [3.05, 3.63) is 40.1 Å². The van der Waals surface area contributed by atoms with E-state index in [0.717, 1.165) is 16.7 Å². The molecule has 0 unspecified atom stereocenters. The summed E-state index contributed by atoms with van der Waals surface area (Å²) in [4.78, 5) is 12.3. The van der Waals surface area contributed by atoms with Gasteiger partial charge in [-0.2, -0.15) is 0 Å². The van der Waals surface area contributed by atoms with Gasteiger partial charge in [0.25, 0.3) is 0 Å². The van der Waals surface area contributed by atoms with Crippen molar-refractivity contribution in [2.24, 2.45) is 0 Å². The van der Waals surface area contributed by atoms with E-state index in [1.165, 1.54) is 30.2 Å². The second kappa shape index (κ2) is 4.39. The van der Waals surface area contributed by atoms with E-state index in [1.54, 1.807) is 0 Å². The molecule has 1 saturated carbocycles. The summed E-state index contributed by atoms with van der Waals surface area (Å²) in [5, 5.41) is 10.4. The van der Waals surface area contributed by atoms with Gasteiger partial charge in [-0.1, -0.05) is 23.9 Å². The van der Waals surface area contributed by atoms with Crippen molar-refractivity contribution in [1.82, 2.24) is 0 Å². The molecule has 0 aromatic heterocycles. The molecule has 1 aromatic rings. The van der Waals surface area contributed by atoms with Crippen molar-refractivity contribution in [3.63, 3.8) is 0 Å². The van der Waals surface area contributed by atoms with Crippen molar-refractivity contribution in [1.29, 1.82) is 0 Å². The lowest BCUT2D eigenvalue weighted by molar-refractivity contribution is -0.106. The first-order valence-corrected chi connectivity index (χ1v) is 7.91. The molecule has 1 N–H and O–H groups in total. The number of aliphatic hydroxyl groups excluding tert-OH is 1. The van der Waals surface area contributed by atoms with E-state index in [0.29, 0.717) is 11.5 Å². The van der Waals surface area contributed by atoms with E-state index in [9.17, 15) is 9.90 Å². The minimum atomic E-state index is -0.513. The van der Waals surface area contributed by atoms with Gasteiger partial charge in [-0.3, -0.25) is 4.79 Å². The number of benzene rings is 1. The topological polar surface area (TPSA) is 37.3 Å². The number of carbonyl (C=O) groups excluding carboxylic acids is 1. The number of rotatable bonds is 2. The Morgan fingerprint density at radius 2 is 1.75 bits per heavy atom. The maximum absolute atomic E-state index is 12.3. The number of carbonyl (C=O) groups is 1. The van der Waals surface area contributed by atoms with Crippen LogP contribution in [0.25, 0.3) is 5.57 Å². The number of aryl methyl sites for hydroxylation is 2. The maximum atomic E-state index is 12.3. The lowest BCUT2D eigenvalue weighted by Crippen LogP contribution is -2.14. The fourth-order valence-electron chi connectivity index (χ4n) is 2.99. The smallest absolute Gasteiger partial charge is 0.224 e. The van der Waals surface area contributed by atoms with Crippen LogP contribution < -0.4 is 0 Å². The average molecular weight is 288 g/mol. The van der Waals surface area contributed by atoms with Crippen molar-refractivity contribution in [2.75, 3.05) is 0 Å². The number of hydrogen-bond acceptors (Lipinski definition) is 3. The molecular formula is C17H20O2S. The van der Waals surface area contributed by atoms with Gasteiger partial charge < -0.3 is 5.11 Å². The summed E-state index contributed by atoms with van der Waals surface area (Å²) in [6.07, 6.45) is 2.54. The Labute approximate surface area is 124 Å². The Bertz CT molecular complexity index is 613. The third kappa shape index (κ3) is 2.08. The van der Waals surface area contributed by atoms with Crippen LogP contribution in [0, 0.1) is 13.8 Å². The maximum Gasteiger partial charge on any atom is 0.224 e. The SMILES string of the molecule is Cc1cc(C2CC2)cc(C)c1C1=C(O)C(C)(C)SC1=O. The molecule has 1 aliphatic carbocycles. The molecule has 3 rings (SSSR count). The lowest BCUT2D eigenvalue weighted by atomic mass is 9.90. The van der Waals surface area contributed by atoms with E-state index in [2.05, 4.69) is 12.1 Å². The Kier molecular flexibility index (Phi) is 3.02. The van der Waals surface area contributed by atoms with Crippen LogP contribution in [0.15, 0.2) is 17.9 Å². The molecule has 1 fully saturated rings. The summed E-state index contributed by atoms with van der Waals surface area (Å²) < 4.78 is -0.513. The highest BCUT2D eigenvalue weighted by molar-refractivity contribution is 8.16. The zero-order chi connectivity index (χ0) is 14.7. The van der Waals surface area contributed by atoms with Crippen molar-refractivity contribution < 1.29 is 9.90 Å². The number of hydrogen-bond donors (Lipinski definition) is 1. The van der Waals surface area contributed by atoms with Gasteiger partial charge in [0, 0.05) is 0 Å². The van der Waals surface area contributed by atoms with Crippen LogP contribution in [-0.2, 0) is 4.79 Å². The Hall–Kier alpha value is -1.22. The molecule has 3 heteroatoms. The highest BCUT2D eigenvalue weighted by Crippen LogP contribution is 2.48. The average Bonchev–Trinajstić information content (AvgIpc) is 3.12. The van der Waals surface area contributed by atoms with Gasteiger partial charge in [-0.25, -0.2) is 0 Å². The van der Waals surface area contributed by atoms with Gasteiger partial charge in [-0.15, -0.1) is 0 Å². The van der Waals surface area contributed by atoms with Crippen molar-refractivity contribution in [3.8, 4) is 0 Å². The zero-order valence-corrected chi connectivity index (χ0v) is 13.2. The summed E-state index contributed by atoms with van der Waals surface area (Å²) in [5.74, 6) is 0.923. The monoisotopic (exact) mass is 288 g/mol. The summed E-state index contributed by atoms with van der Waals surface area (Å²) in [7, 11) is 0. The molecule has 20 heavy (non-hydrogen) atoms. The second-order valence-electron chi connectivity index (χ2n) is 6.43. The molecule has 0 amide bonds. The van der Waals surface area contributed by atoms with Gasteiger partial charge in [0.15, 0.2) is 0 Å². The van der Waals surface area contributed by atoms with Crippen LogP contribution in [0.2, 0.25) is 0 Å². The fourth-order valence-corrected chi connectivity index (χ4v) is 3.96. The van der Waals surface area contributed by atoms with E-state index < -0.39 is 4.75 Å². The Morgan fingerprint density at radius 3 is 2.15 bits per heavy atom. The normalized spacial score (nSPS) is 21.7. The number of thioether (sulfide) groups is 1.